The van der Waals surface area contributed by atoms with Crippen LogP contribution in [-0.2, 0) is 0 Å². The fourth-order valence-electron chi connectivity index (χ4n) is 2.10. The SMILES string of the molecule is O=C(O)c1cccc2nc(-c3ccccc3)[nH]c(=O)c12. The van der Waals surface area contributed by atoms with Crippen molar-refractivity contribution in [3.05, 3.63) is 64.4 Å². The third-order valence-corrected chi connectivity index (χ3v) is 3.01. The van der Waals surface area contributed by atoms with E-state index < -0.39 is 11.5 Å². The lowest BCUT2D eigenvalue weighted by Gasteiger charge is -2.04. The first kappa shape index (κ1) is 12.1. The molecule has 3 aromatic rings. The number of H-pyrrole nitrogens is 1. The quantitative estimate of drug-likeness (QED) is 0.745. The maximum atomic E-state index is 12.1. The van der Waals surface area contributed by atoms with E-state index >= 15 is 0 Å². The van der Waals surface area contributed by atoms with Crippen LogP contribution in [-0.4, -0.2) is 21.0 Å². The second-order valence-electron chi connectivity index (χ2n) is 4.29. The highest BCUT2D eigenvalue weighted by atomic mass is 16.4. The highest BCUT2D eigenvalue weighted by Crippen LogP contribution is 2.18. The van der Waals surface area contributed by atoms with E-state index in [1.54, 1.807) is 12.1 Å². The van der Waals surface area contributed by atoms with E-state index in [1.165, 1.54) is 6.07 Å². The third kappa shape index (κ3) is 1.95. The fourth-order valence-corrected chi connectivity index (χ4v) is 2.10. The van der Waals surface area contributed by atoms with Crippen LogP contribution in [0.1, 0.15) is 10.4 Å². The minimum Gasteiger partial charge on any atom is -0.478 e. The molecule has 0 bridgehead atoms. The number of nitrogens with zero attached hydrogens (tertiary/aromatic N) is 1. The van der Waals surface area contributed by atoms with Gasteiger partial charge in [-0.2, -0.15) is 0 Å². The van der Waals surface area contributed by atoms with Crippen molar-refractivity contribution < 1.29 is 9.90 Å². The van der Waals surface area contributed by atoms with Crippen molar-refractivity contribution in [3.63, 3.8) is 0 Å². The monoisotopic (exact) mass is 266 g/mol. The number of carboxylic acid groups (broad SMARTS) is 1. The lowest BCUT2D eigenvalue weighted by Crippen LogP contribution is -2.13. The van der Waals surface area contributed by atoms with Crippen molar-refractivity contribution in [1.82, 2.24) is 9.97 Å². The molecule has 0 saturated carbocycles. The van der Waals surface area contributed by atoms with Crippen molar-refractivity contribution in [3.8, 4) is 11.4 Å². The van der Waals surface area contributed by atoms with Crippen LogP contribution in [0, 0.1) is 0 Å². The number of hydrogen-bond acceptors (Lipinski definition) is 3. The molecule has 0 aliphatic carbocycles. The summed E-state index contributed by atoms with van der Waals surface area (Å²) >= 11 is 0. The predicted molar refractivity (Wildman–Crippen MR) is 74.8 cm³/mol. The summed E-state index contributed by atoms with van der Waals surface area (Å²) in [4.78, 5) is 30.2. The fraction of sp³-hybridized carbons (Fsp3) is 0. The molecule has 2 aromatic carbocycles. The van der Waals surface area contributed by atoms with Crippen LogP contribution in [0.3, 0.4) is 0 Å². The molecule has 0 unspecified atom stereocenters. The molecule has 1 heterocycles. The van der Waals surface area contributed by atoms with E-state index in [0.717, 1.165) is 5.56 Å². The van der Waals surface area contributed by atoms with Crippen molar-refractivity contribution in [2.45, 2.75) is 0 Å². The van der Waals surface area contributed by atoms with Crippen LogP contribution in [0.15, 0.2) is 53.3 Å². The molecular weight excluding hydrogens is 256 g/mol. The van der Waals surface area contributed by atoms with Crippen LogP contribution in [0.4, 0.5) is 0 Å². The molecule has 98 valence electrons. The summed E-state index contributed by atoms with van der Waals surface area (Å²) in [6.07, 6.45) is 0. The van der Waals surface area contributed by atoms with Gasteiger partial charge >= 0.3 is 5.97 Å². The van der Waals surface area contributed by atoms with Gasteiger partial charge in [-0.3, -0.25) is 4.79 Å². The first-order valence-electron chi connectivity index (χ1n) is 5.98. The number of aromatic nitrogens is 2. The number of aromatic carboxylic acids is 1. The largest absolute Gasteiger partial charge is 0.478 e. The molecule has 1 aromatic heterocycles. The number of rotatable bonds is 2. The van der Waals surface area contributed by atoms with Gasteiger partial charge in [0.1, 0.15) is 5.82 Å². The summed E-state index contributed by atoms with van der Waals surface area (Å²) in [6, 6.07) is 13.8. The number of benzene rings is 2. The lowest BCUT2D eigenvalue weighted by molar-refractivity contribution is 0.0699. The van der Waals surface area contributed by atoms with Crippen LogP contribution in [0.2, 0.25) is 0 Å². The number of carboxylic acids is 1. The van der Waals surface area contributed by atoms with Gasteiger partial charge in [0.2, 0.25) is 0 Å². The lowest BCUT2D eigenvalue weighted by atomic mass is 10.1. The Morgan fingerprint density at radius 1 is 1.05 bits per heavy atom. The average molecular weight is 266 g/mol. The maximum absolute atomic E-state index is 12.1. The molecule has 2 N–H and O–H groups in total. The Bertz CT molecular complexity index is 854. The average Bonchev–Trinajstić information content (AvgIpc) is 2.47. The summed E-state index contributed by atoms with van der Waals surface area (Å²) in [5.74, 6) is -0.721. The molecular formula is C15H10N2O3. The van der Waals surface area contributed by atoms with E-state index in [9.17, 15) is 9.59 Å². The Hall–Kier alpha value is -2.95. The number of nitrogens with one attached hydrogen (secondary N) is 1. The van der Waals surface area contributed by atoms with Gasteiger partial charge < -0.3 is 10.1 Å². The minimum atomic E-state index is -1.14. The van der Waals surface area contributed by atoms with E-state index in [1.807, 2.05) is 30.3 Å². The predicted octanol–water partition coefficient (Wildman–Crippen LogP) is 2.29. The summed E-state index contributed by atoms with van der Waals surface area (Å²) in [5.41, 5.74) is 0.641. The Labute approximate surface area is 113 Å². The summed E-state index contributed by atoms with van der Waals surface area (Å²) < 4.78 is 0. The zero-order valence-corrected chi connectivity index (χ0v) is 10.3. The van der Waals surface area contributed by atoms with Crippen molar-refractivity contribution in [2.24, 2.45) is 0 Å². The van der Waals surface area contributed by atoms with Gasteiger partial charge in [0.15, 0.2) is 0 Å². The number of hydrogen-bond donors (Lipinski definition) is 2. The van der Waals surface area contributed by atoms with E-state index in [-0.39, 0.29) is 10.9 Å². The second kappa shape index (κ2) is 4.62. The summed E-state index contributed by atoms with van der Waals surface area (Å²) in [7, 11) is 0. The van der Waals surface area contributed by atoms with Gasteiger partial charge in [-0.25, -0.2) is 9.78 Å². The first-order chi connectivity index (χ1) is 9.66. The van der Waals surface area contributed by atoms with Crippen LogP contribution in [0.25, 0.3) is 22.3 Å². The van der Waals surface area contributed by atoms with Gasteiger partial charge in [-0.15, -0.1) is 0 Å². The zero-order valence-electron chi connectivity index (χ0n) is 10.3. The molecule has 0 aliphatic heterocycles. The number of fused-ring (bicyclic) bond motifs is 1. The molecule has 5 heteroatoms. The van der Waals surface area contributed by atoms with Crippen LogP contribution < -0.4 is 5.56 Å². The zero-order chi connectivity index (χ0) is 14.1. The molecule has 3 rings (SSSR count). The molecule has 0 atom stereocenters. The molecule has 20 heavy (non-hydrogen) atoms. The summed E-state index contributed by atoms with van der Waals surface area (Å²) in [5, 5.41) is 9.21. The smallest absolute Gasteiger partial charge is 0.336 e. The van der Waals surface area contributed by atoms with Crippen molar-refractivity contribution in [1.29, 1.82) is 0 Å². The standard InChI is InChI=1S/C15H10N2O3/c18-14-12-10(15(19)20)7-4-8-11(12)16-13(17-14)9-5-2-1-3-6-9/h1-8H,(H,19,20)(H,16,17,18). The number of carbonyl (C=O) groups is 1. The highest BCUT2D eigenvalue weighted by Gasteiger charge is 2.13. The molecule has 0 radical (unpaired) electrons. The molecule has 0 amide bonds. The normalized spacial score (nSPS) is 10.6. The molecule has 0 saturated heterocycles. The molecule has 0 spiro atoms. The van der Waals surface area contributed by atoms with Gasteiger partial charge in [0.25, 0.3) is 5.56 Å². The van der Waals surface area contributed by atoms with Crippen molar-refractivity contribution in [2.75, 3.05) is 0 Å². The number of aromatic amines is 1. The Balaban J connectivity index is 2.32. The first-order valence-corrected chi connectivity index (χ1v) is 5.98. The van der Waals surface area contributed by atoms with Gasteiger partial charge in [-0.05, 0) is 12.1 Å². The van der Waals surface area contributed by atoms with E-state index in [0.29, 0.717) is 11.3 Å². The molecule has 0 aliphatic rings. The van der Waals surface area contributed by atoms with Crippen LogP contribution in [0.5, 0.6) is 0 Å². The Kier molecular flexibility index (Phi) is 2.80. The van der Waals surface area contributed by atoms with Crippen molar-refractivity contribution >= 4 is 16.9 Å². The van der Waals surface area contributed by atoms with E-state index in [4.69, 9.17) is 5.11 Å². The van der Waals surface area contributed by atoms with Gasteiger partial charge in [-0.1, -0.05) is 36.4 Å². The summed E-state index contributed by atoms with van der Waals surface area (Å²) in [6.45, 7) is 0. The topological polar surface area (TPSA) is 83.0 Å². The second-order valence-corrected chi connectivity index (χ2v) is 4.29. The maximum Gasteiger partial charge on any atom is 0.336 e. The minimum absolute atomic E-state index is 0.0455. The Morgan fingerprint density at radius 3 is 2.50 bits per heavy atom. The third-order valence-electron chi connectivity index (χ3n) is 3.01. The van der Waals surface area contributed by atoms with Crippen LogP contribution >= 0.6 is 0 Å². The van der Waals surface area contributed by atoms with E-state index in [2.05, 4.69) is 9.97 Å². The Morgan fingerprint density at radius 2 is 1.80 bits per heavy atom. The molecule has 0 fully saturated rings. The van der Waals surface area contributed by atoms with Gasteiger partial charge in [0.05, 0.1) is 16.5 Å². The van der Waals surface area contributed by atoms with Gasteiger partial charge in [0, 0.05) is 5.56 Å². The molecule has 5 nitrogen and oxygen atoms in total. The highest BCUT2D eigenvalue weighted by molar-refractivity contribution is 6.02.